The first-order valence-corrected chi connectivity index (χ1v) is 9.18. The van der Waals surface area contributed by atoms with Crippen LogP contribution in [0.3, 0.4) is 0 Å². The summed E-state index contributed by atoms with van der Waals surface area (Å²) in [6, 6.07) is 14.4. The third-order valence-corrected chi connectivity index (χ3v) is 4.61. The van der Waals surface area contributed by atoms with Gasteiger partial charge in [-0.1, -0.05) is 24.3 Å². The predicted octanol–water partition coefficient (Wildman–Crippen LogP) is 2.52. The van der Waals surface area contributed by atoms with Crippen LogP contribution in [0, 0.1) is 0 Å². The molecule has 28 heavy (non-hydrogen) atoms. The summed E-state index contributed by atoms with van der Waals surface area (Å²) in [6.45, 7) is 0.224. The number of aliphatic hydroxyl groups is 1. The van der Waals surface area contributed by atoms with Crippen LogP contribution in [0.4, 0.5) is 0 Å². The minimum atomic E-state index is -0.754. The second-order valence-electron chi connectivity index (χ2n) is 6.96. The fraction of sp³-hybridized carbons (Fsp3) is 0.364. The number of methoxy groups -OCH3 is 1. The number of hydrogen-bond acceptors (Lipinski definition) is 4. The molecule has 6 heteroatoms. The number of rotatable bonds is 8. The van der Waals surface area contributed by atoms with Gasteiger partial charge in [-0.2, -0.15) is 0 Å². The highest BCUT2D eigenvalue weighted by atomic mass is 16.5. The lowest BCUT2D eigenvalue weighted by Gasteiger charge is -2.21. The molecule has 6 nitrogen and oxygen atoms in total. The van der Waals surface area contributed by atoms with E-state index in [2.05, 4.69) is 0 Å². The van der Waals surface area contributed by atoms with Crippen molar-refractivity contribution in [3.05, 3.63) is 65.2 Å². The molecule has 0 radical (unpaired) electrons. The third-order valence-electron chi connectivity index (χ3n) is 4.61. The molecule has 0 aliphatic carbocycles. The highest BCUT2D eigenvalue weighted by Gasteiger charge is 2.15. The van der Waals surface area contributed by atoms with Gasteiger partial charge >= 0.3 is 0 Å². The molecule has 0 aromatic heterocycles. The average molecular weight is 384 g/mol. The van der Waals surface area contributed by atoms with Crippen LogP contribution in [-0.2, 0) is 11.2 Å². The molecule has 0 saturated heterocycles. The van der Waals surface area contributed by atoms with Gasteiger partial charge in [-0.05, 0) is 41.8 Å². The number of carbonyl (C=O) groups excluding carboxylic acids is 2. The van der Waals surface area contributed by atoms with Gasteiger partial charge < -0.3 is 19.6 Å². The maximum Gasteiger partial charge on any atom is 0.253 e. The predicted molar refractivity (Wildman–Crippen MR) is 108 cm³/mol. The third kappa shape index (κ3) is 5.82. The van der Waals surface area contributed by atoms with E-state index >= 15 is 0 Å². The molecule has 1 N–H and O–H groups in total. The van der Waals surface area contributed by atoms with E-state index in [1.165, 1.54) is 4.90 Å². The highest BCUT2D eigenvalue weighted by molar-refractivity contribution is 5.93. The molecule has 2 rings (SSSR count). The molecular weight excluding hydrogens is 356 g/mol. The largest absolute Gasteiger partial charge is 0.497 e. The van der Waals surface area contributed by atoms with Gasteiger partial charge in [0.2, 0.25) is 5.91 Å². The molecule has 2 aromatic carbocycles. The van der Waals surface area contributed by atoms with E-state index < -0.39 is 6.10 Å². The number of benzene rings is 2. The molecule has 0 aliphatic rings. The van der Waals surface area contributed by atoms with Gasteiger partial charge in [0.1, 0.15) is 5.75 Å². The molecule has 1 atom stereocenters. The normalized spacial score (nSPS) is 11.6. The van der Waals surface area contributed by atoms with Crippen LogP contribution in [-0.4, -0.2) is 61.5 Å². The molecule has 0 aliphatic heterocycles. The Hall–Kier alpha value is -2.86. The Morgan fingerprint density at radius 3 is 2.14 bits per heavy atom. The van der Waals surface area contributed by atoms with Gasteiger partial charge in [0.15, 0.2) is 0 Å². The van der Waals surface area contributed by atoms with Crippen molar-refractivity contribution in [1.29, 1.82) is 0 Å². The Morgan fingerprint density at radius 1 is 1.00 bits per heavy atom. The van der Waals surface area contributed by atoms with E-state index in [9.17, 15) is 14.7 Å². The van der Waals surface area contributed by atoms with Crippen LogP contribution in [0.5, 0.6) is 5.75 Å². The van der Waals surface area contributed by atoms with E-state index in [1.54, 1.807) is 69.6 Å². The van der Waals surface area contributed by atoms with Crippen molar-refractivity contribution < 1.29 is 19.4 Å². The van der Waals surface area contributed by atoms with E-state index in [0.717, 1.165) is 16.9 Å². The maximum atomic E-state index is 12.4. The number of amides is 2. The lowest BCUT2D eigenvalue weighted by molar-refractivity contribution is -0.131. The second kappa shape index (κ2) is 9.90. The number of likely N-dealkylation sites (N-methyl/N-ethyl adjacent to an activating group) is 1. The van der Waals surface area contributed by atoms with E-state index in [-0.39, 0.29) is 18.4 Å². The molecule has 2 aromatic rings. The fourth-order valence-corrected chi connectivity index (χ4v) is 2.81. The summed E-state index contributed by atoms with van der Waals surface area (Å²) >= 11 is 0. The summed E-state index contributed by atoms with van der Waals surface area (Å²) in [5.74, 6) is 0.634. The van der Waals surface area contributed by atoms with E-state index in [0.29, 0.717) is 18.4 Å². The number of ether oxygens (including phenoxy) is 1. The van der Waals surface area contributed by atoms with Crippen LogP contribution in [0.2, 0.25) is 0 Å². The number of carbonyl (C=O) groups is 2. The van der Waals surface area contributed by atoms with Gasteiger partial charge in [0.05, 0.1) is 19.8 Å². The lowest BCUT2D eigenvalue weighted by Crippen LogP contribution is -2.31. The minimum absolute atomic E-state index is 0.0407. The summed E-state index contributed by atoms with van der Waals surface area (Å²) in [5.41, 5.74) is 2.36. The molecule has 1 unspecified atom stereocenters. The Balaban J connectivity index is 1.85. The van der Waals surface area contributed by atoms with Gasteiger partial charge in [-0.15, -0.1) is 0 Å². The minimum Gasteiger partial charge on any atom is -0.497 e. The fourth-order valence-electron chi connectivity index (χ4n) is 2.81. The van der Waals surface area contributed by atoms with Crippen molar-refractivity contribution in [3.8, 4) is 5.75 Å². The molecular formula is C22H28N2O4. The van der Waals surface area contributed by atoms with Crippen molar-refractivity contribution in [3.63, 3.8) is 0 Å². The van der Waals surface area contributed by atoms with Gasteiger partial charge in [-0.25, -0.2) is 0 Å². The number of hydrogen-bond donors (Lipinski definition) is 1. The van der Waals surface area contributed by atoms with Gasteiger partial charge in [0, 0.05) is 33.1 Å². The van der Waals surface area contributed by atoms with Crippen molar-refractivity contribution in [2.24, 2.45) is 0 Å². The zero-order valence-electron chi connectivity index (χ0n) is 16.9. The summed E-state index contributed by atoms with van der Waals surface area (Å²) in [6.07, 6.45) is 0.168. The Labute approximate surface area is 166 Å². The second-order valence-corrected chi connectivity index (χ2v) is 6.96. The summed E-state index contributed by atoms with van der Waals surface area (Å²) in [5, 5.41) is 10.3. The lowest BCUT2D eigenvalue weighted by atomic mass is 10.1. The molecule has 0 bridgehead atoms. The summed E-state index contributed by atoms with van der Waals surface area (Å²) in [7, 11) is 6.70. The Morgan fingerprint density at radius 2 is 1.61 bits per heavy atom. The van der Waals surface area contributed by atoms with Crippen molar-refractivity contribution in [1.82, 2.24) is 9.80 Å². The SMILES string of the molecule is COc1ccc(C(O)CN(C)C(=O)CCc2ccc(C(=O)N(C)C)cc2)cc1. The van der Waals surface area contributed by atoms with E-state index in [1.807, 2.05) is 12.1 Å². The molecule has 0 spiro atoms. The first kappa shape index (κ1) is 21.4. The van der Waals surface area contributed by atoms with Crippen LogP contribution in [0.25, 0.3) is 0 Å². The molecule has 0 heterocycles. The van der Waals surface area contributed by atoms with Crippen LogP contribution >= 0.6 is 0 Å². The molecule has 0 saturated carbocycles. The van der Waals surface area contributed by atoms with Crippen LogP contribution in [0.15, 0.2) is 48.5 Å². The first-order valence-electron chi connectivity index (χ1n) is 9.18. The Bertz CT molecular complexity index is 785. The van der Waals surface area contributed by atoms with Gasteiger partial charge in [-0.3, -0.25) is 9.59 Å². The summed E-state index contributed by atoms with van der Waals surface area (Å²) in [4.78, 5) is 27.4. The van der Waals surface area contributed by atoms with Crippen LogP contribution in [0.1, 0.15) is 34.0 Å². The monoisotopic (exact) mass is 384 g/mol. The van der Waals surface area contributed by atoms with Crippen molar-refractivity contribution in [2.75, 3.05) is 34.8 Å². The Kier molecular flexibility index (Phi) is 7.58. The number of aliphatic hydroxyl groups excluding tert-OH is 1. The maximum absolute atomic E-state index is 12.4. The molecule has 2 amide bonds. The average Bonchev–Trinajstić information content (AvgIpc) is 2.71. The number of nitrogens with zero attached hydrogens (tertiary/aromatic N) is 2. The molecule has 150 valence electrons. The summed E-state index contributed by atoms with van der Waals surface area (Å²) < 4.78 is 5.11. The number of aryl methyl sites for hydroxylation is 1. The van der Waals surface area contributed by atoms with Crippen molar-refractivity contribution in [2.45, 2.75) is 18.9 Å². The first-order chi connectivity index (χ1) is 13.3. The zero-order chi connectivity index (χ0) is 20.7. The topological polar surface area (TPSA) is 70.1 Å². The van der Waals surface area contributed by atoms with Crippen LogP contribution < -0.4 is 4.74 Å². The van der Waals surface area contributed by atoms with Gasteiger partial charge in [0.25, 0.3) is 5.91 Å². The zero-order valence-corrected chi connectivity index (χ0v) is 16.9. The van der Waals surface area contributed by atoms with E-state index in [4.69, 9.17) is 4.74 Å². The van der Waals surface area contributed by atoms with Crippen molar-refractivity contribution >= 4 is 11.8 Å². The standard InChI is InChI=1S/C22H28N2O4/c1-23(2)22(27)18-8-5-16(6-9-18)7-14-21(26)24(3)15-20(25)17-10-12-19(28-4)13-11-17/h5-6,8-13,20,25H,7,14-15H2,1-4H3. The smallest absolute Gasteiger partial charge is 0.253 e. The molecule has 0 fully saturated rings. The quantitative estimate of drug-likeness (QED) is 0.759. The highest BCUT2D eigenvalue weighted by Crippen LogP contribution is 2.18.